The van der Waals surface area contributed by atoms with E-state index in [1.54, 1.807) is 0 Å². The van der Waals surface area contributed by atoms with Gasteiger partial charge in [0.1, 0.15) is 5.84 Å². The molecule has 0 spiro atoms. The Hall–Kier alpha value is -3.10. The van der Waals surface area contributed by atoms with Crippen LogP contribution < -0.4 is 5.32 Å². The Labute approximate surface area is 164 Å². The Morgan fingerprint density at radius 3 is 2.26 bits per heavy atom. The highest BCUT2D eigenvalue weighted by Crippen LogP contribution is 2.23. The maximum Gasteiger partial charge on any atom is 0.138 e. The van der Waals surface area contributed by atoms with Gasteiger partial charge in [-0.15, -0.1) is 0 Å². The molecule has 27 heavy (non-hydrogen) atoms. The molecule has 0 unspecified atom stereocenters. The van der Waals surface area contributed by atoms with Gasteiger partial charge in [-0.05, 0) is 54.1 Å². The molecule has 4 aromatic carbocycles. The van der Waals surface area contributed by atoms with Crippen LogP contribution in [0.4, 0.5) is 11.4 Å². The quantitative estimate of drug-likeness (QED) is 0.305. The van der Waals surface area contributed by atoms with Crippen molar-refractivity contribution < 1.29 is 0 Å². The number of aliphatic imine (C=N–C) groups is 1. The number of anilines is 1. The van der Waals surface area contributed by atoms with E-state index in [9.17, 15) is 0 Å². The fraction of sp³-hybridized carbons (Fsp3) is 0.0417. The van der Waals surface area contributed by atoms with Gasteiger partial charge < -0.3 is 5.32 Å². The second kappa shape index (κ2) is 7.65. The molecule has 3 heteroatoms. The first kappa shape index (κ1) is 17.3. The summed E-state index contributed by atoms with van der Waals surface area (Å²) in [5.74, 6) is 0.804. The molecule has 0 aliphatic heterocycles. The van der Waals surface area contributed by atoms with Gasteiger partial charge in [0, 0.05) is 16.3 Å². The number of benzene rings is 4. The van der Waals surface area contributed by atoms with Crippen LogP contribution in [0.2, 0.25) is 5.02 Å². The average molecular weight is 371 g/mol. The smallest absolute Gasteiger partial charge is 0.138 e. The largest absolute Gasteiger partial charge is 0.340 e. The summed E-state index contributed by atoms with van der Waals surface area (Å²) in [4.78, 5) is 4.91. The predicted molar refractivity (Wildman–Crippen MR) is 116 cm³/mol. The zero-order valence-corrected chi connectivity index (χ0v) is 15.7. The molecule has 0 amide bonds. The second-order valence-electron chi connectivity index (χ2n) is 6.45. The van der Waals surface area contributed by atoms with Crippen molar-refractivity contribution in [2.45, 2.75) is 6.92 Å². The molecule has 0 aliphatic rings. The van der Waals surface area contributed by atoms with Crippen molar-refractivity contribution in [2.24, 2.45) is 4.99 Å². The lowest BCUT2D eigenvalue weighted by Crippen LogP contribution is -2.14. The lowest BCUT2D eigenvalue weighted by atomic mass is 10.0. The first-order valence-electron chi connectivity index (χ1n) is 8.85. The SMILES string of the molecule is Cc1ccc(N=C(Nc2ccc(Cl)cc2)c2cccc3ccccc23)cc1. The first-order valence-corrected chi connectivity index (χ1v) is 9.23. The van der Waals surface area contributed by atoms with Crippen LogP contribution in [0.25, 0.3) is 10.8 Å². The summed E-state index contributed by atoms with van der Waals surface area (Å²) < 4.78 is 0. The van der Waals surface area contributed by atoms with Gasteiger partial charge >= 0.3 is 0 Å². The molecule has 0 saturated heterocycles. The van der Waals surface area contributed by atoms with E-state index in [1.807, 2.05) is 36.4 Å². The van der Waals surface area contributed by atoms with Crippen molar-refractivity contribution >= 4 is 39.6 Å². The van der Waals surface area contributed by atoms with Crippen LogP contribution in [0.5, 0.6) is 0 Å². The number of hydrogen-bond acceptors (Lipinski definition) is 1. The molecule has 4 aromatic rings. The van der Waals surface area contributed by atoms with E-state index in [4.69, 9.17) is 16.6 Å². The van der Waals surface area contributed by atoms with Gasteiger partial charge in [-0.2, -0.15) is 0 Å². The number of nitrogens with zero attached hydrogens (tertiary/aromatic N) is 1. The van der Waals surface area contributed by atoms with E-state index in [0.29, 0.717) is 5.02 Å². The Morgan fingerprint density at radius 2 is 1.48 bits per heavy atom. The topological polar surface area (TPSA) is 24.4 Å². The van der Waals surface area contributed by atoms with E-state index < -0.39 is 0 Å². The molecule has 0 bridgehead atoms. The molecule has 2 nitrogen and oxygen atoms in total. The van der Waals surface area contributed by atoms with E-state index in [1.165, 1.54) is 10.9 Å². The van der Waals surface area contributed by atoms with Gasteiger partial charge in [-0.1, -0.05) is 71.8 Å². The third-order valence-corrected chi connectivity index (χ3v) is 4.68. The van der Waals surface area contributed by atoms with Crippen LogP contribution in [-0.2, 0) is 0 Å². The average Bonchev–Trinajstić information content (AvgIpc) is 2.70. The molecule has 0 aliphatic carbocycles. The van der Waals surface area contributed by atoms with Crippen molar-refractivity contribution in [3.8, 4) is 0 Å². The summed E-state index contributed by atoms with van der Waals surface area (Å²) >= 11 is 6.03. The molecule has 0 fully saturated rings. The normalized spacial score (nSPS) is 11.6. The monoisotopic (exact) mass is 370 g/mol. The second-order valence-corrected chi connectivity index (χ2v) is 6.89. The molecular formula is C24H19ClN2. The molecule has 1 N–H and O–H groups in total. The summed E-state index contributed by atoms with van der Waals surface area (Å²) in [6, 6.07) is 30.5. The lowest BCUT2D eigenvalue weighted by Gasteiger charge is -2.13. The standard InChI is InChI=1S/C24H19ClN2/c1-17-9-13-20(14-10-17)26-24(27-21-15-11-19(25)12-16-21)23-8-4-6-18-5-2-3-7-22(18)23/h2-16H,1H3,(H,26,27). The zero-order valence-electron chi connectivity index (χ0n) is 15.0. The van der Waals surface area contributed by atoms with Crippen molar-refractivity contribution in [1.82, 2.24) is 0 Å². The van der Waals surface area contributed by atoms with Crippen molar-refractivity contribution in [2.75, 3.05) is 5.32 Å². The van der Waals surface area contributed by atoms with E-state index in [0.717, 1.165) is 28.2 Å². The molecule has 0 aromatic heterocycles. The summed E-state index contributed by atoms with van der Waals surface area (Å²) in [5, 5.41) is 6.52. The van der Waals surface area contributed by atoms with E-state index in [2.05, 4.69) is 66.8 Å². The highest BCUT2D eigenvalue weighted by Gasteiger charge is 2.09. The van der Waals surface area contributed by atoms with Crippen LogP contribution in [0, 0.1) is 6.92 Å². The third kappa shape index (κ3) is 4.02. The van der Waals surface area contributed by atoms with Crippen LogP contribution in [0.1, 0.15) is 11.1 Å². The summed E-state index contributed by atoms with van der Waals surface area (Å²) in [5.41, 5.74) is 4.12. The first-order chi connectivity index (χ1) is 13.2. The molecule has 0 radical (unpaired) electrons. The highest BCUT2D eigenvalue weighted by atomic mass is 35.5. The molecule has 4 rings (SSSR count). The number of aryl methyl sites for hydroxylation is 1. The van der Waals surface area contributed by atoms with Gasteiger partial charge in [0.25, 0.3) is 0 Å². The summed E-state index contributed by atoms with van der Waals surface area (Å²) in [6.45, 7) is 2.07. The zero-order chi connectivity index (χ0) is 18.6. The molecule has 0 saturated carbocycles. The van der Waals surface area contributed by atoms with Crippen LogP contribution in [0.3, 0.4) is 0 Å². The fourth-order valence-electron chi connectivity index (χ4n) is 3.01. The Kier molecular flexibility index (Phi) is 4.91. The Morgan fingerprint density at radius 1 is 0.778 bits per heavy atom. The Balaban J connectivity index is 1.84. The molecule has 0 heterocycles. The number of nitrogens with one attached hydrogen (secondary N) is 1. The number of fused-ring (bicyclic) bond motifs is 1. The van der Waals surface area contributed by atoms with Crippen molar-refractivity contribution in [1.29, 1.82) is 0 Å². The van der Waals surface area contributed by atoms with Crippen LogP contribution in [0.15, 0.2) is 96.0 Å². The third-order valence-electron chi connectivity index (χ3n) is 4.43. The number of hydrogen-bond donors (Lipinski definition) is 1. The maximum atomic E-state index is 6.03. The van der Waals surface area contributed by atoms with Gasteiger partial charge in [-0.25, -0.2) is 4.99 Å². The molecule has 132 valence electrons. The van der Waals surface area contributed by atoms with E-state index >= 15 is 0 Å². The Bertz CT molecular complexity index is 1090. The van der Waals surface area contributed by atoms with Crippen molar-refractivity contribution in [3.63, 3.8) is 0 Å². The fourth-order valence-corrected chi connectivity index (χ4v) is 3.13. The van der Waals surface area contributed by atoms with Crippen LogP contribution >= 0.6 is 11.6 Å². The minimum Gasteiger partial charge on any atom is -0.340 e. The van der Waals surface area contributed by atoms with Crippen molar-refractivity contribution in [3.05, 3.63) is 107 Å². The minimum atomic E-state index is 0.711. The predicted octanol–water partition coefficient (Wildman–Crippen LogP) is 6.99. The summed E-state index contributed by atoms with van der Waals surface area (Å²) in [7, 11) is 0. The molecule has 0 atom stereocenters. The highest BCUT2D eigenvalue weighted by molar-refractivity contribution is 6.30. The maximum absolute atomic E-state index is 6.03. The number of amidine groups is 1. The van der Waals surface area contributed by atoms with Gasteiger partial charge in [0.2, 0.25) is 0 Å². The van der Waals surface area contributed by atoms with E-state index in [-0.39, 0.29) is 0 Å². The molecular weight excluding hydrogens is 352 g/mol. The van der Waals surface area contributed by atoms with Gasteiger partial charge in [0.05, 0.1) is 5.69 Å². The summed E-state index contributed by atoms with van der Waals surface area (Å²) in [6.07, 6.45) is 0. The van der Waals surface area contributed by atoms with Gasteiger partial charge in [0.15, 0.2) is 0 Å². The number of rotatable bonds is 3. The van der Waals surface area contributed by atoms with Gasteiger partial charge in [-0.3, -0.25) is 0 Å². The number of halogens is 1. The minimum absolute atomic E-state index is 0.711. The lowest BCUT2D eigenvalue weighted by molar-refractivity contribution is 1.42. The van der Waals surface area contributed by atoms with Crippen LogP contribution in [-0.4, -0.2) is 5.84 Å².